The van der Waals surface area contributed by atoms with E-state index in [-0.39, 0.29) is 12.2 Å². The van der Waals surface area contributed by atoms with Gasteiger partial charge in [-0.15, -0.1) is 0 Å². The van der Waals surface area contributed by atoms with E-state index in [0.29, 0.717) is 13.2 Å². The number of thioether (sulfide) groups is 1. The quantitative estimate of drug-likeness (QED) is 0.729. The van der Waals surface area contributed by atoms with Crippen LogP contribution in [0.2, 0.25) is 0 Å². The van der Waals surface area contributed by atoms with Crippen LogP contribution in [0, 0.1) is 0 Å². The first-order chi connectivity index (χ1) is 8.22. The second kappa shape index (κ2) is 9.20. The topological polar surface area (TPSA) is 38.7 Å². The number of methoxy groups -OCH3 is 1. The van der Waals surface area contributed by atoms with Crippen molar-refractivity contribution in [3.8, 4) is 0 Å². The Morgan fingerprint density at radius 1 is 1.24 bits per heavy atom. The second-order valence-electron chi connectivity index (χ2n) is 4.85. The summed E-state index contributed by atoms with van der Waals surface area (Å²) >= 11 is 1.91. The van der Waals surface area contributed by atoms with Crippen molar-refractivity contribution in [1.29, 1.82) is 0 Å². The summed E-state index contributed by atoms with van der Waals surface area (Å²) in [6.07, 6.45) is 6.45. The normalized spacial score (nSPS) is 21.4. The van der Waals surface area contributed by atoms with Gasteiger partial charge >= 0.3 is 0 Å². The molecule has 0 aromatic carbocycles. The van der Waals surface area contributed by atoms with Crippen molar-refractivity contribution < 1.29 is 14.6 Å². The summed E-state index contributed by atoms with van der Waals surface area (Å²) in [5.74, 6) is 0.796. The van der Waals surface area contributed by atoms with Crippen LogP contribution in [0.1, 0.15) is 39.0 Å². The average molecular weight is 262 g/mol. The zero-order valence-electron chi connectivity index (χ0n) is 11.1. The van der Waals surface area contributed by atoms with Crippen molar-refractivity contribution in [2.75, 3.05) is 26.1 Å². The van der Waals surface area contributed by atoms with Crippen molar-refractivity contribution in [2.45, 2.75) is 56.5 Å². The third-order valence-corrected chi connectivity index (χ3v) is 4.57. The van der Waals surface area contributed by atoms with Crippen LogP contribution < -0.4 is 0 Å². The van der Waals surface area contributed by atoms with Gasteiger partial charge in [-0.2, -0.15) is 11.8 Å². The molecule has 0 aromatic rings. The Kier molecular flexibility index (Phi) is 8.27. The molecule has 17 heavy (non-hydrogen) atoms. The molecular formula is C13H26O3S. The lowest BCUT2D eigenvalue weighted by Crippen LogP contribution is -2.25. The molecule has 1 fully saturated rings. The third kappa shape index (κ3) is 7.29. The summed E-state index contributed by atoms with van der Waals surface area (Å²) in [4.78, 5) is 0. The molecule has 0 bridgehead atoms. The number of aliphatic hydroxyl groups is 1. The molecule has 102 valence electrons. The Balaban J connectivity index is 2.01. The molecule has 4 heteroatoms. The van der Waals surface area contributed by atoms with Crippen molar-refractivity contribution >= 4 is 11.8 Å². The molecule has 1 rings (SSSR count). The molecular weight excluding hydrogens is 236 g/mol. The third-order valence-electron chi connectivity index (χ3n) is 3.05. The zero-order valence-corrected chi connectivity index (χ0v) is 11.9. The predicted molar refractivity (Wildman–Crippen MR) is 72.6 cm³/mol. The van der Waals surface area contributed by atoms with Gasteiger partial charge in [0.1, 0.15) is 0 Å². The average Bonchev–Trinajstić information content (AvgIpc) is 2.35. The van der Waals surface area contributed by atoms with E-state index < -0.39 is 0 Å². The summed E-state index contributed by atoms with van der Waals surface area (Å²) in [5.41, 5.74) is 0. The van der Waals surface area contributed by atoms with Gasteiger partial charge in [-0.05, 0) is 19.8 Å². The van der Waals surface area contributed by atoms with Crippen LogP contribution in [0.25, 0.3) is 0 Å². The van der Waals surface area contributed by atoms with Crippen LogP contribution in [-0.2, 0) is 9.47 Å². The molecule has 0 radical (unpaired) electrons. The molecule has 1 N–H and O–H groups in total. The summed E-state index contributed by atoms with van der Waals surface area (Å²) in [7, 11) is 1.66. The smallest absolute Gasteiger partial charge is 0.0864 e. The lowest BCUT2D eigenvalue weighted by Gasteiger charge is -2.22. The van der Waals surface area contributed by atoms with Crippen LogP contribution >= 0.6 is 11.8 Å². The van der Waals surface area contributed by atoms with Crippen LogP contribution in [0.15, 0.2) is 0 Å². The fraction of sp³-hybridized carbons (Fsp3) is 1.00. The van der Waals surface area contributed by atoms with Gasteiger partial charge in [0.15, 0.2) is 0 Å². The van der Waals surface area contributed by atoms with E-state index in [4.69, 9.17) is 9.47 Å². The highest BCUT2D eigenvalue weighted by molar-refractivity contribution is 7.99. The standard InChI is InChI=1S/C13H26O3S/c1-11(8-15-2)16-9-12(14)10-17-13-6-4-3-5-7-13/h11-14H,3-10H2,1-2H3. The van der Waals surface area contributed by atoms with Gasteiger partial charge in [0.05, 0.1) is 25.4 Å². The van der Waals surface area contributed by atoms with Crippen molar-refractivity contribution in [3.05, 3.63) is 0 Å². The molecule has 2 unspecified atom stereocenters. The van der Waals surface area contributed by atoms with Gasteiger partial charge in [0.2, 0.25) is 0 Å². The number of rotatable bonds is 8. The Bertz CT molecular complexity index is 184. The molecule has 0 spiro atoms. The minimum absolute atomic E-state index is 0.0642. The molecule has 1 aliphatic carbocycles. The molecule has 0 saturated heterocycles. The summed E-state index contributed by atoms with van der Waals surface area (Å²) in [6.45, 7) is 2.97. The lowest BCUT2D eigenvalue weighted by molar-refractivity contribution is -0.0257. The molecule has 1 saturated carbocycles. The maximum atomic E-state index is 9.81. The highest BCUT2D eigenvalue weighted by atomic mass is 32.2. The number of aliphatic hydroxyl groups excluding tert-OH is 1. The molecule has 2 atom stereocenters. The Hall–Kier alpha value is 0.230. The fourth-order valence-electron chi connectivity index (χ4n) is 2.09. The highest BCUT2D eigenvalue weighted by Crippen LogP contribution is 2.28. The maximum absolute atomic E-state index is 9.81. The lowest BCUT2D eigenvalue weighted by atomic mass is 10.0. The minimum atomic E-state index is -0.346. The number of hydrogen-bond acceptors (Lipinski definition) is 4. The monoisotopic (exact) mass is 262 g/mol. The second-order valence-corrected chi connectivity index (χ2v) is 6.18. The summed E-state index contributed by atoms with van der Waals surface area (Å²) in [5, 5.41) is 10.6. The van der Waals surface area contributed by atoms with Crippen LogP contribution in [0.5, 0.6) is 0 Å². The van der Waals surface area contributed by atoms with Gasteiger partial charge in [0.25, 0.3) is 0 Å². The SMILES string of the molecule is COCC(C)OCC(O)CSC1CCCCC1. The van der Waals surface area contributed by atoms with Gasteiger partial charge in [-0.1, -0.05) is 19.3 Å². The Morgan fingerprint density at radius 3 is 2.59 bits per heavy atom. The molecule has 1 aliphatic rings. The van der Waals surface area contributed by atoms with Crippen LogP contribution in [0.4, 0.5) is 0 Å². The predicted octanol–water partition coefficient (Wildman–Crippen LogP) is 2.46. The minimum Gasteiger partial charge on any atom is -0.390 e. The van der Waals surface area contributed by atoms with E-state index >= 15 is 0 Å². The van der Waals surface area contributed by atoms with Crippen molar-refractivity contribution in [3.63, 3.8) is 0 Å². The first-order valence-corrected chi connectivity index (χ1v) is 7.67. The summed E-state index contributed by atoms with van der Waals surface area (Å²) < 4.78 is 10.5. The van der Waals surface area contributed by atoms with Crippen LogP contribution in [-0.4, -0.2) is 48.6 Å². The highest BCUT2D eigenvalue weighted by Gasteiger charge is 2.16. The number of ether oxygens (including phenoxy) is 2. The van der Waals surface area contributed by atoms with E-state index in [1.165, 1.54) is 32.1 Å². The molecule has 3 nitrogen and oxygen atoms in total. The van der Waals surface area contributed by atoms with E-state index in [9.17, 15) is 5.11 Å². The molecule has 0 heterocycles. The van der Waals surface area contributed by atoms with Crippen molar-refractivity contribution in [2.24, 2.45) is 0 Å². The summed E-state index contributed by atoms with van der Waals surface area (Å²) in [6, 6.07) is 0. The molecule has 0 aliphatic heterocycles. The first kappa shape index (κ1) is 15.3. The fourth-order valence-corrected chi connectivity index (χ4v) is 3.34. The van der Waals surface area contributed by atoms with Gasteiger partial charge in [-0.3, -0.25) is 0 Å². The molecule has 0 aromatic heterocycles. The van der Waals surface area contributed by atoms with Crippen LogP contribution in [0.3, 0.4) is 0 Å². The Labute approximate surface area is 109 Å². The van der Waals surface area contributed by atoms with E-state index in [2.05, 4.69) is 0 Å². The first-order valence-electron chi connectivity index (χ1n) is 6.62. The van der Waals surface area contributed by atoms with E-state index in [1.807, 2.05) is 18.7 Å². The maximum Gasteiger partial charge on any atom is 0.0864 e. The Morgan fingerprint density at radius 2 is 1.94 bits per heavy atom. The van der Waals surface area contributed by atoms with E-state index in [0.717, 1.165) is 11.0 Å². The van der Waals surface area contributed by atoms with Crippen molar-refractivity contribution in [1.82, 2.24) is 0 Å². The van der Waals surface area contributed by atoms with Gasteiger partial charge in [-0.25, -0.2) is 0 Å². The van der Waals surface area contributed by atoms with E-state index in [1.54, 1.807) is 7.11 Å². The largest absolute Gasteiger partial charge is 0.390 e. The van der Waals surface area contributed by atoms with Gasteiger partial charge < -0.3 is 14.6 Å². The van der Waals surface area contributed by atoms with Gasteiger partial charge in [0, 0.05) is 18.1 Å². The molecule has 0 amide bonds. The zero-order chi connectivity index (χ0) is 12.5. The number of hydrogen-bond donors (Lipinski definition) is 1.